The molecule has 3 aromatic rings. The van der Waals surface area contributed by atoms with E-state index in [0.717, 1.165) is 5.56 Å². The van der Waals surface area contributed by atoms with Gasteiger partial charge in [-0.3, -0.25) is 4.79 Å². The number of carbonyl (C=O) groups excluding carboxylic acids is 2. The summed E-state index contributed by atoms with van der Waals surface area (Å²) in [4.78, 5) is 29.8. The molecular formula is C23H24N6O3. The van der Waals surface area contributed by atoms with Crippen LogP contribution in [0.4, 0.5) is 10.6 Å². The van der Waals surface area contributed by atoms with E-state index in [1.54, 1.807) is 45.2 Å². The molecule has 1 aromatic carbocycles. The molecule has 0 aliphatic heterocycles. The SMILES string of the molecule is CC(C)(C)OC(=O)NC(Cc1ccccc1)C(=O)Nc1c(C#N)cnn1-c1ccccn1. The highest BCUT2D eigenvalue weighted by atomic mass is 16.6. The van der Waals surface area contributed by atoms with E-state index in [2.05, 4.69) is 20.7 Å². The summed E-state index contributed by atoms with van der Waals surface area (Å²) in [5, 5.41) is 19.0. The molecule has 0 saturated heterocycles. The first-order valence-corrected chi connectivity index (χ1v) is 10.0. The molecule has 0 spiro atoms. The summed E-state index contributed by atoms with van der Waals surface area (Å²) >= 11 is 0. The average molecular weight is 432 g/mol. The fourth-order valence-corrected chi connectivity index (χ4v) is 2.92. The van der Waals surface area contributed by atoms with Crippen LogP contribution in [0.25, 0.3) is 5.82 Å². The Morgan fingerprint density at radius 1 is 1.16 bits per heavy atom. The first-order chi connectivity index (χ1) is 15.3. The van der Waals surface area contributed by atoms with Crippen molar-refractivity contribution < 1.29 is 14.3 Å². The lowest BCUT2D eigenvalue weighted by Gasteiger charge is -2.23. The lowest BCUT2D eigenvalue weighted by atomic mass is 10.1. The number of hydrogen-bond donors (Lipinski definition) is 2. The summed E-state index contributed by atoms with van der Waals surface area (Å²) in [6, 6.07) is 15.6. The quantitative estimate of drug-likeness (QED) is 0.617. The molecule has 0 bridgehead atoms. The summed E-state index contributed by atoms with van der Waals surface area (Å²) in [6.07, 6.45) is 2.44. The Kier molecular flexibility index (Phi) is 6.85. The molecule has 2 amide bonds. The van der Waals surface area contributed by atoms with Gasteiger partial charge in [-0.05, 0) is 38.5 Å². The summed E-state index contributed by atoms with van der Waals surface area (Å²) in [5.41, 5.74) is 0.297. The van der Waals surface area contributed by atoms with Gasteiger partial charge in [-0.1, -0.05) is 36.4 Å². The van der Waals surface area contributed by atoms with E-state index >= 15 is 0 Å². The number of alkyl carbamates (subject to hydrolysis) is 1. The third-order valence-electron chi connectivity index (χ3n) is 4.29. The van der Waals surface area contributed by atoms with E-state index in [1.807, 2.05) is 36.4 Å². The van der Waals surface area contributed by atoms with Gasteiger partial charge in [0.1, 0.15) is 23.3 Å². The first-order valence-electron chi connectivity index (χ1n) is 10.0. The Balaban J connectivity index is 1.87. The van der Waals surface area contributed by atoms with Gasteiger partial charge in [-0.15, -0.1) is 0 Å². The highest BCUT2D eigenvalue weighted by Crippen LogP contribution is 2.19. The molecule has 0 saturated carbocycles. The van der Waals surface area contributed by atoms with Gasteiger partial charge >= 0.3 is 6.09 Å². The van der Waals surface area contributed by atoms with Gasteiger partial charge in [-0.2, -0.15) is 15.0 Å². The van der Waals surface area contributed by atoms with E-state index in [-0.39, 0.29) is 17.8 Å². The third-order valence-corrected chi connectivity index (χ3v) is 4.29. The zero-order valence-electron chi connectivity index (χ0n) is 18.1. The van der Waals surface area contributed by atoms with Crippen LogP contribution in [0.2, 0.25) is 0 Å². The molecule has 9 nitrogen and oxygen atoms in total. The molecule has 2 heterocycles. The van der Waals surface area contributed by atoms with Crippen LogP contribution < -0.4 is 10.6 Å². The number of amides is 2. The van der Waals surface area contributed by atoms with Crippen LogP contribution in [0, 0.1) is 11.3 Å². The average Bonchev–Trinajstić information content (AvgIpc) is 3.15. The fourth-order valence-electron chi connectivity index (χ4n) is 2.92. The van der Waals surface area contributed by atoms with Crippen molar-refractivity contribution in [3.63, 3.8) is 0 Å². The summed E-state index contributed by atoms with van der Waals surface area (Å²) in [5.74, 6) is 0.0816. The van der Waals surface area contributed by atoms with Crippen LogP contribution in [-0.2, 0) is 16.0 Å². The highest BCUT2D eigenvalue weighted by Gasteiger charge is 2.27. The zero-order valence-corrected chi connectivity index (χ0v) is 18.1. The maximum Gasteiger partial charge on any atom is 0.408 e. The van der Waals surface area contributed by atoms with Crippen molar-refractivity contribution in [3.05, 3.63) is 72.1 Å². The van der Waals surface area contributed by atoms with Crippen molar-refractivity contribution in [2.45, 2.75) is 38.8 Å². The second-order valence-corrected chi connectivity index (χ2v) is 8.00. The van der Waals surface area contributed by atoms with E-state index in [0.29, 0.717) is 5.82 Å². The Labute approximate surface area is 186 Å². The Bertz CT molecular complexity index is 1110. The molecule has 2 aromatic heterocycles. The van der Waals surface area contributed by atoms with Crippen LogP contribution in [0.5, 0.6) is 0 Å². The number of nitrogens with zero attached hydrogens (tertiary/aromatic N) is 4. The molecule has 1 unspecified atom stereocenters. The molecule has 0 aliphatic carbocycles. The number of aromatic nitrogens is 3. The molecule has 9 heteroatoms. The normalized spacial score (nSPS) is 11.8. The molecule has 3 rings (SSSR count). The van der Waals surface area contributed by atoms with E-state index in [9.17, 15) is 14.9 Å². The molecule has 1 atom stereocenters. The predicted molar refractivity (Wildman–Crippen MR) is 118 cm³/mol. The van der Waals surface area contributed by atoms with Crippen LogP contribution in [0.15, 0.2) is 60.9 Å². The first kappa shape index (κ1) is 22.5. The number of benzene rings is 1. The van der Waals surface area contributed by atoms with E-state index < -0.39 is 23.6 Å². The maximum atomic E-state index is 13.2. The topological polar surface area (TPSA) is 122 Å². The fraction of sp³-hybridized carbons (Fsp3) is 0.261. The third kappa shape index (κ3) is 5.92. The van der Waals surface area contributed by atoms with Crippen LogP contribution in [0.3, 0.4) is 0 Å². The second kappa shape index (κ2) is 9.75. The summed E-state index contributed by atoms with van der Waals surface area (Å²) in [7, 11) is 0. The number of nitrogens with one attached hydrogen (secondary N) is 2. The molecular weight excluding hydrogens is 408 g/mol. The Morgan fingerprint density at radius 3 is 2.50 bits per heavy atom. The van der Waals surface area contributed by atoms with Crippen molar-refractivity contribution in [1.29, 1.82) is 5.26 Å². The van der Waals surface area contributed by atoms with Gasteiger partial charge in [0.15, 0.2) is 11.6 Å². The number of hydrogen-bond acceptors (Lipinski definition) is 6. The van der Waals surface area contributed by atoms with Crippen molar-refractivity contribution in [3.8, 4) is 11.9 Å². The number of nitriles is 1. The van der Waals surface area contributed by atoms with Gasteiger partial charge in [0.05, 0.1) is 6.20 Å². The molecule has 32 heavy (non-hydrogen) atoms. The van der Waals surface area contributed by atoms with Gasteiger partial charge in [0.25, 0.3) is 0 Å². The minimum Gasteiger partial charge on any atom is -0.444 e. The monoisotopic (exact) mass is 432 g/mol. The van der Waals surface area contributed by atoms with Crippen molar-refractivity contribution in [2.24, 2.45) is 0 Å². The second-order valence-electron chi connectivity index (χ2n) is 8.00. The van der Waals surface area contributed by atoms with Gasteiger partial charge in [0, 0.05) is 12.6 Å². The van der Waals surface area contributed by atoms with Crippen LogP contribution >= 0.6 is 0 Å². The lowest BCUT2D eigenvalue weighted by molar-refractivity contribution is -0.118. The van der Waals surface area contributed by atoms with Crippen molar-refractivity contribution >= 4 is 17.8 Å². The van der Waals surface area contributed by atoms with Crippen molar-refractivity contribution in [2.75, 3.05) is 5.32 Å². The lowest BCUT2D eigenvalue weighted by Crippen LogP contribution is -2.47. The molecule has 2 N–H and O–H groups in total. The minimum atomic E-state index is -0.953. The number of pyridine rings is 1. The number of carbonyl (C=O) groups is 2. The predicted octanol–water partition coefficient (Wildman–Crippen LogP) is 3.21. The standard InChI is InChI=1S/C23H24N6O3/c1-23(2,3)32-22(31)27-18(13-16-9-5-4-6-10-16)21(30)28-20-17(14-24)15-26-29(20)19-11-7-8-12-25-19/h4-12,15,18H,13H2,1-3H3,(H,27,31)(H,28,30). The molecule has 0 aliphatic rings. The number of ether oxygens (including phenoxy) is 1. The zero-order chi connectivity index (χ0) is 23.1. The minimum absolute atomic E-state index is 0.166. The van der Waals surface area contributed by atoms with Crippen LogP contribution in [0.1, 0.15) is 31.9 Å². The van der Waals surface area contributed by atoms with Crippen LogP contribution in [-0.4, -0.2) is 38.4 Å². The smallest absolute Gasteiger partial charge is 0.408 e. The van der Waals surface area contributed by atoms with Gasteiger partial charge in [-0.25, -0.2) is 9.78 Å². The highest BCUT2D eigenvalue weighted by molar-refractivity contribution is 5.97. The van der Waals surface area contributed by atoms with Gasteiger partial charge < -0.3 is 15.4 Å². The molecule has 0 fully saturated rings. The summed E-state index contributed by atoms with van der Waals surface area (Å²) < 4.78 is 6.68. The van der Waals surface area contributed by atoms with E-state index in [1.165, 1.54) is 10.9 Å². The van der Waals surface area contributed by atoms with Crippen molar-refractivity contribution in [1.82, 2.24) is 20.1 Å². The molecule has 164 valence electrons. The van der Waals surface area contributed by atoms with E-state index in [4.69, 9.17) is 4.74 Å². The maximum absolute atomic E-state index is 13.2. The Morgan fingerprint density at radius 2 is 1.88 bits per heavy atom. The molecule has 0 radical (unpaired) electrons. The number of rotatable bonds is 6. The van der Waals surface area contributed by atoms with Gasteiger partial charge in [0.2, 0.25) is 5.91 Å². The Hall–Kier alpha value is -4.19. The summed E-state index contributed by atoms with van der Waals surface area (Å²) in [6.45, 7) is 5.22. The number of anilines is 1. The largest absolute Gasteiger partial charge is 0.444 e.